The first kappa shape index (κ1) is 94.4. The molecular formula is C86H136Br2N10O12S2. The first-order chi connectivity index (χ1) is 51.3. The molecule has 12 rings (SSSR count). The van der Waals surface area contributed by atoms with Gasteiger partial charge in [-0.25, -0.2) is 0 Å². The largest absolute Gasteiger partial charge is 0.496 e. The van der Waals surface area contributed by atoms with Crippen LogP contribution in [0.25, 0.3) is 22.3 Å². The number of hydrogen-bond donors (Lipinski definition) is 8. The average Bonchev–Trinajstić information content (AvgIpc) is 0.784. The van der Waals surface area contributed by atoms with Crippen molar-refractivity contribution in [2.75, 3.05) is 107 Å². The summed E-state index contributed by atoms with van der Waals surface area (Å²) in [5, 5.41) is 59.3. The van der Waals surface area contributed by atoms with Crippen LogP contribution in [0, 0.1) is 69.0 Å². The molecule has 22 nitrogen and oxygen atoms in total. The van der Waals surface area contributed by atoms with Gasteiger partial charge in [-0.15, -0.1) is 0 Å². The number of nitrogens with one attached hydrogen (secondary N) is 4. The summed E-state index contributed by atoms with van der Waals surface area (Å²) in [5.74, 6) is 2.00. The highest BCUT2D eigenvalue weighted by Gasteiger charge is 2.59. The van der Waals surface area contributed by atoms with Crippen LogP contribution in [0.1, 0.15) is 167 Å². The summed E-state index contributed by atoms with van der Waals surface area (Å²) < 4.78 is 13.6. The Morgan fingerprint density at radius 1 is 0.580 bits per heavy atom. The molecule has 4 amide bonds. The molecule has 628 valence electrons. The van der Waals surface area contributed by atoms with Gasteiger partial charge in [0.25, 0.3) is 11.8 Å². The lowest BCUT2D eigenvalue weighted by atomic mass is 9.45. The number of hydroxylamine groups is 4. The maximum atomic E-state index is 14.3. The van der Waals surface area contributed by atoms with E-state index in [1.54, 1.807) is 38.2 Å². The zero-order valence-corrected chi connectivity index (χ0v) is 76.3. The number of nitrogens with zero attached hydrogens (tertiary/aromatic N) is 6. The van der Waals surface area contributed by atoms with Gasteiger partial charge in [0.05, 0.1) is 74.0 Å². The van der Waals surface area contributed by atoms with Crippen molar-refractivity contribution in [2.24, 2.45) is 69.0 Å². The summed E-state index contributed by atoms with van der Waals surface area (Å²) in [7, 11) is 19.0. The van der Waals surface area contributed by atoms with E-state index >= 15 is 0 Å². The van der Waals surface area contributed by atoms with Gasteiger partial charge in [0, 0.05) is 115 Å². The summed E-state index contributed by atoms with van der Waals surface area (Å²) in [6.07, 6.45) is 2.56. The van der Waals surface area contributed by atoms with Gasteiger partial charge in [-0.1, -0.05) is 119 Å². The number of amides is 4. The van der Waals surface area contributed by atoms with Crippen molar-refractivity contribution in [3.63, 3.8) is 0 Å². The molecule has 8 N–H and O–H groups in total. The molecule has 112 heavy (non-hydrogen) atoms. The monoisotopic (exact) mass is 1720 g/mol. The molecule has 4 aromatic carbocycles. The summed E-state index contributed by atoms with van der Waals surface area (Å²) in [6.45, 7) is 31.3. The van der Waals surface area contributed by atoms with Crippen LogP contribution in [0.5, 0.6) is 11.5 Å². The fourth-order valence-electron chi connectivity index (χ4n) is 19.3. The molecule has 6 aliphatic carbocycles. The normalized spacial score (nSPS) is 26.8. The predicted molar refractivity (Wildman–Crippen MR) is 465 cm³/mol. The van der Waals surface area contributed by atoms with E-state index in [-0.39, 0.29) is 123 Å². The molecule has 0 spiro atoms. The highest BCUT2D eigenvalue weighted by atomic mass is 79.9. The molecule has 0 aromatic heterocycles. The van der Waals surface area contributed by atoms with Gasteiger partial charge < -0.3 is 70.8 Å². The Morgan fingerprint density at radius 3 is 1.33 bits per heavy atom. The molecule has 2 aliphatic heterocycles. The third kappa shape index (κ3) is 21.0. The molecule has 8 aliphatic rings. The van der Waals surface area contributed by atoms with Gasteiger partial charge in [-0.05, 0) is 199 Å². The van der Waals surface area contributed by atoms with Crippen LogP contribution in [-0.2, 0) is 32.4 Å². The maximum Gasteiger partial charge on any atom is 0.252 e. The molecule has 8 fully saturated rings. The number of methoxy groups -OCH3 is 2. The number of halogens is 2. The number of para-hydroxylation sites is 2. The fourth-order valence-corrected chi connectivity index (χ4v) is 20.7. The van der Waals surface area contributed by atoms with Crippen LogP contribution in [0.2, 0.25) is 0 Å². The fraction of sp³-hybridized carbons (Fsp3) is 0.674. The van der Waals surface area contributed by atoms with E-state index in [0.717, 1.165) is 70.4 Å². The van der Waals surface area contributed by atoms with Crippen LogP contribution < -0.4 is 40.5 Å². The van der Waals surface area contributed by atoms with Gasteiger partial charge in [-0.3, -0.25) is 28.9 Å². The van der Waals surface area contributed by atoms with Crippen molar-refractivity contribution >= 4 is 93.9 Å². The molecule has 2 saturated heterocycles. The summed E-state index contributed by atoms with van der Waals surface area (Å²) in [6, 6.07) is 17.8. The number of fused-ring (bicyclic) bond motifs is 4. The van der Waals surface area contributed by atoms with E-state index in [9.17, 15) is 39.6 Å². The molecule has 4 aromatic rings. The second-order valence-electron chi connectivity index (χ2n) is 37.4. The van der Waals surface area contributed by atoms with Crippen LogP contribution in [-0.4, -0.2) is 222 Å². The molecule has 2 heterocycles. The molecule has 4 bridgehead atoms. The Hall–Kier alpha value is -4.78. The van der Waals surface area contributed by atoms with E-state index in [0.29, 0.717) is 80.2 Å². The van der Waals surface area contributed by atoms with Crippen molar-refractivity contribution < 1.29 is 58.8 Å². The zero-order chi connectivity index (χ0) is 81.5. The Kier molecular flexibility index (Phi) is 32.3. The average molecular weight is 1730 g/mol. The van der Waals surface area contributed by atoms with E-state index in [2.05, 4.69) is 146 Å². The maximum absolute atomic E-state index is 14.3. The zero-order valence-electron chi connectivity index (χ0n) is 71.1. The Morgan fingerprint density at radius 2 is 0.982 bits per heavy atom. The predicted octanol–water partition coefficient (Wildman–Crippen LogP) is 12.1. The van der Waals surface area contributed by atoms with Crippen LogP contribution in [0.4, 0.5) is 11.4 Å². The van der Waals surface area contributed by atoms with Crippen LogP contribution in [0.3, 0.4) is 0 Å². The van der Waals surface area contributed by atoms with E-state index in [1.807, 2.05) is 127 Å². The third-order valence-corrected chi connectivity index (χ3v) is 26.8. The van der Waals surface area contributed by atoms with E-state index in [4.69, 9.17) is 19.1 Å². The van der Waals surface area contributed by atoms with Gasteiger partial charge >= 0.3 is 0 Å². The van der Waals surface area contributed by atoms with Gasteiger partial charge in [0.1, 0.15) is 35.8 Å². The van der Waals surface area contributed by atoms with Crippen molar-refractivity contribution in [1.82, 2.24) is 41.2 Å². The third-order valence-electron chi connectivity index (χ3n) is 25.1. The molecule has 18 atom stereocenters. The topological polar surface area (TPSA) is 254 Å². The van der Waals surface area contributed by atoms with Crippen molar-refractivity contribution in [3.05, 3.63) is 91.9 Å². The number of anilines is 2. The Labute approximate surface area is 699 Å². The lowest BCUT2D eigenvalue weighted by Gasteiger charge is -2.62. The standard InChI is InChI=1S/2C43H66BrN5O6.2H2S/c1-24-33-16-27(43(33,6)7)17-34(24)46-41(53)38-36(25(2)51)35(23-50)55-49(38)21-26-14-13-15-30(39(26)54-12)31-18-29(48(10)11)19-32(37(31)44)40(52)45-28(22-47(8)9)20-42(3,4)5;1-24-32-18-28(43(32,6)7)19-33(24)46-41(53)38-36(25(2)51)35(23-50)55-49(38)21-26-14-13-15-30(39(26)54-12)27-16-31(37(44)34(17-27)48(10)11)40(52)45-29(22-47(8)9)20-42(3,4)5;;/h13-15,18-19,24-25,27-28,33-36,38,50-51H,16-17,20-23H2,1-12H3,(H,45,52)(H,46,53);13-17,24-25,28-29,32-33,35-36,38,50-51H,18-23H2,1-12H3,(H,45,52)(H,46,53);2*1H2/t24-,25-,27+,28-,33-,34-,35-,36+,38-;24-,25-,28+,29-,32-,33-,35-,36+,38-;;/m00../s1. The summed E-state index contributed by atoms with van der Waals surface area (Å²) in [4.78, 5) is 77.5. The van der Waals surface area contributed by atoms with Crippen molar-refractivity contribution in [1.29, 1.82) is 0 Å². The number of aliphatic hydroxyl groups excluding tert-OH is 4. The molecule has 26 heteroatoms. The minimum Gasteiger partial charge on any atom is -0.496 e. The van der Waals surface area contributed by atoms with Gasteiger partial charge in [0.2, 0.25) is 11.8 Å². The van der Waals surface area contributed by atoms with Crippen molar-refractivity contribution in [2.45, 2.75) is 209 Å². The second kappa shape index (κ2) is 38.3. The van der Waals surface area contributed by atoms with Gasteiger partial charge in [-0.2, -0.15) is 37.1 Å². The lowest BCUT2D eigenvalue weighted by Crippen LogP contribution is -2.62. The molecular weight excluding hydrogens is 1590 g/mol. The number of aliphatic hydroxyl groups is 4. The molecule has 0 radical (unpaired) electrons. The number of benzene rings is 4. The number of ether oxygens (including phenoxy) is 2. The highest BCUT2D eigenvalue weighted by Crippen LogP contribution is 2.62. The van der Waals surface area contributed by atoms with Gasteiger partial charge in [0.15, 0.2) is 0 Å². The first-order valence-corrected chi connectivity index (χ1v) is 41.3. The molecule has 6 saturated carbocycles. The second-order valence-corrected chi connectivity index (χ2v) is 38.9. The minimum absolute atomic E-state index is 0. The van der Waals surface area contributed by atoms with Crippen molar-refractivity contribution in [3.8, 4) is 33.8 Å². The minimum atomic E-state index is -0.905. The Balaban J connectivity index is 0.000000305. The number of rotatable bonds is 28. The summed E-state index contributed by atoms with van der Waals surface area (Å²) >= 11 is 7.58. The number of carbonyl (C=O) groups is 4. The smallest absolute Gasteiger partial charge is 0.252 e. The van der Waals surface area contributed by atoms with Crippen LogP contribution >= 0.6 is 58.9 Å². The number of hydrogen-bond acceptors (Lipinski definition) is 18. The SMILES string of the molecule is COc1c(CN2O[C@@H](CO)[C@@H]([C@H](C)O)[C@H]2C(=O)N[C@H]2C[C@H]3C[C@@H]([C@@H]2C)C3(C)C)cccc1-c1cc(C(=O)N[C@H](CN(C)C)CC(C)(C)C)c(Br)c(N(C)C)c1.COc1c(CN2O[C@@H](CO)[C@@H]([C@H](C)O)[C@H]2C(=O)N[C@H]2C[C@H]3C[C@@H]([C@@H]2C)C3(C)C)cccc1-c1cc(N(C)C)cc(C(=O)N[C@H](CN(C)C)CC(C)(C)C)c1Br.S.S. The van der Waals surface area contributed by atoms with E-state index < -0.39 is 48.3 Å². The Bertz CT molecular complexity index is 3850. The number of likely N-dealkylation sites (N-methyl/N-ethyl adjacent to an activating group) is 2. The van der Waals surface area contributed by atoms with E-state index in [1.165, 1.54) is 12.8 Å². The quantitative estimate of drug-likeness (QED) is 0.0263. The highest BCUT2D eigenvalue weighted by molar-refractivity contribution is 9.11. The number of carbonyl (C=O) groups excluding carboxylic acids is 4. The first-order valence-electron chi connectivity index (χ1n) is 39.7. The van der Waals surface area contributed by atoms with Crippen LogP contribution in [0.15, 0.2) is 69.6 Å². The lowest BCUT2D eigenvalue weighted by molar-refractivity contribution is -0.183. The molecule has 0 unspecified atom stereocenters. The summed E-state index contributed by atoms with van der Waals surface area (Å²) in [5.41, 5.74) is 7.89.